The number of carbonyl (C=O) groups excluding carboxylic acids is 1. The number of carbonyl (C=O) groups is 1. The van der Waals surface area contributed by atoms with Crippen LogP contribution in [0.2, 0.25) is 0 Å². The molecule has 0 atom stereocenters. The maximum absolute atomic E-state index is 11.9. The lowest BCUT2D eigenvalue weighted by Gasteiger charge is -2.03. The zero-order chi connectivity index (χ0) is 18.0. The van der Waals surface area contributed by atoms with Crippen molar-refractivity contribution in [1.82, 2.24) is 9.97 Å². The molecule has 0 saturated heterocycles. The lowest BCUT2D eigenvalue weighted by atomic mass is 10.3. The van der Waals surface area contributed by atoms with E-state index in [0.29, 0.717) is 38.9 Å². The number of methoxy groups -OCH3 is 2. The van der Waals surface area contributed by atoms with Crippen molar-refractivity contribution in [2.45, 2.75) is 13.8 Å². The van der Waals surface area contributed by atoms with Crippen LogP contribution in [0.4, 0.5) is 10.3 Å². The molecule has 0 saturated carbocycles. The summed E-state index contributed by atoms with van der Waals surface area (Å²) in [4.78, 5) is 21.3. The fraction of sp³-hybridized carbons (Fsp3) is 0.312. The summed E-state index contributed by atoms with van der Waals surface area (Å²) in [6.45, 7) is 3.88. The molecule has 0 radical (unpaired) electrons. The van der Waals surface area contributed by atoms with Gasteiger partial charge in [-0.3, -0.25) is 0 Å². The molecule has 0 spiro atoms. The minimum Gasteiger partial charge on any atom is -0.497 e. The Kier molecular flexibility index (Phi) is 5.05. The monoisotopic (exact) mass is 379 g/mol. The van der Waals surface area contributed by atoms with Gasteiger partial charge in [0.25, 0.3) is 0 Å². The van der Waals surface area contributed by atoms with E-state index in [-0.39, 0.29) is 5.97 Å². The topological polar surface area (TPSA) is 82.6 Å². The molecule has 3 rings (SSSR count). The highest BCUT2D eigenvalue weighted by molar-refractivity contribution is 7.23. The van der Waals surface area contributed by atoms with Gasteiger partial charge in [-0.1, -0.05) is 22.7 Å². The number of fused-ring (bicyclic) bond motifs is 1. The summed E-state index contributed by atoms with van der Waals surface area (Å²) in [7, 11) is 3.20. The van der Waals surface area contributed by atoms with Crippen LogP contribution in [0.15, 0.2) is 12.1 Å². The van der Waals surface area contributed by atoms with Crippen molar-refractivity contribution in [2.24, 2.45) is 0 Å². The summed E-state index contributed by atoms with van der Waals surface area (Å²) >= 11 is 2.70. The summed E-state index contributed by atoms with van der Waals surface area (Å²) in [5.74, 6) is 0.983. The predicted molar refractivity (Wildman–Crippen MR) is 98.8 cm³/mol. The summed E-state index contributed by atoms with van der Waals surface area (Å²) in [6, 6.07) is 3.69. The van der Waals surface area contributed by atoms with Crippen LogP contribution in [0.25, 0.3) is 10.2 Å². The van der Waals surface area contributed by atoms with Gasteiger partial charge < -0.3 is 19.5 Å². The fourth-order valence-electron chi connectivity index (χ4n) is 2.23. The molecule has 9 heteroatoms. The van der Waals surface area contributed by atoms with Crippen LogP contribution in [-0.2, 0) is 4.74 Å². The van der Waals surface area contributed by atoms with Crippen LogP contribution in [-0.4, -0.2) is 36.8 Å². The summed E-state index contributed by atoms with van der Waals surface area (Å²) < 4.78 is 16.6. The smallest absolute Gasteiger partial charge is 0.350 e. The van der Waals surface area contributed by atoms with Crippen molar-refractivity contribution < 1.29 is 19.0 Å². The van der Waals surface area contributed by atoms with Crippen LogP contribution in [0, 0.1) is 6.92 Å². The van der Waals surface area contributed by atoms with E-state index in [2.05, 4.69) is 15.3 Å². The van der Waals surface area contributed by atoms with Crippen LogP contribution < -0.4 is 14.8 Å². The quantitative estimate of drug-likeness (QED) is 0.648. The maximum Gasteiger partial charge on any atom is 0.350 e. The molecule has 2 aromatic heterocycles. The molecule has 0 unspecified atom stereocenters. The molecule has 0 fully saturated rings. The van der Waals surface area contributed by atoms with E-state index in [1.165, 1.54) is 22.7 Å². The Morgan fingerprint density at radius 3 is 2.60 bits per heavy atom. The largest absolute Gasteiger partial charge is 0.497 e. The molecule has 7 nitrogen and oxygen atoms in total. The number of hydrogen-bond donors (Lipinski definition) is 1. The highest BCUT2D eigenvalue weighted by atomic mass is 32.1. The molecule has 2 heterocycles. The molecular formula is C16H17N3O4S2. The van der Waals surface area contributed by atoms with Gasteiger partial charge in [-0.05, 0) is 19.9 Å². The first-order chi connectivity index (χ1) is 12.0. The van der Waals surface area contributed by atoms with Crippen LogP contribution in [0.3, 0.4) is 0 Å². The lowest BCUT2D eigenvalue weighted by Crippen LogP contribution is -2.03. The Balaban J connectivity index is 1.91. The standard InChI is InChI=1S/C16H17N3O4S2/c1-5-23-14(20)13-8(2)17-15(25-13)19-16-18-12-10(22-4)6-9(21-3)7-11(12)24-16/h6-7H,5H2,1-4H3,(H,17,18,19). The SMILES string of the molecule is CCOC(=O)c1sc(Nc2nc3c(OC)cc(OC)cc3s2)nc1C. The summed E-state index contributed by atoms with van der Waals surface area (Å²) in [5, 5.41) is 4.40. The van der Waals surface area contributed by atoms with Gasteiger partial charge in [0.05, 0.1) is 31.2 Å². The highest BCUT2D eigenvalue weighted by Gasteiger charge is 2.18. The Labute approximate surface area is 152 Å². The average molecular weight is 379 g/mol. The number of aryl methyl sites for hydroxylation is 1. The molecule has 0 aliphatic carbocycles. The van der Waals surface area contributed by atoms with Crippen molar-refractivity contribution in [1.29, 1.82) is 0 Å². The van der Waals surface area contributed by atoms with Crippen LogP contribution >= 0.6 is 22.7 Å². The number of thiazole rings is 2. The van der Waals surface area contributed by atoms with Crippen molar-refractivity contribution in [3.05, 3.63) is 22.7 Å². The highest BCUT2D eigenvalue weighted by Crippen LogP contribution is 2.37. The molecule has 1 aromatic carbocycles. The number of ether oxygens (including phenoxy) is 3. The van der Waals surface area contributed by atoms with Crippen LogP contribution in [0.5, 0.6) is 11.5 Å². The van der Waals surface area contributed by atoms with E-state index in [0.717, 1.165) is 10.2 Å². The molecule has 1 N–H and O–H groups in total. The number of benzene rings is 1. The number of rotatable bonds is 6. The molecule has 0 aliphatic heterocycles. The van der Waals surface area contributed by atoms with E-state index >= 15 is 0 Å². The molecule has 0 aliphatic rings. The van der Waals surface area contributed by atoms with Gasteiger partial charge in [0.2, 0.25) is 0 Å². The molecule has 132 valence electrons. The van der Waals surface area contributed by atoms with Crippen molar-refractivity contribution in [2.75, 3.05) is 26.1 Å². The Hall–Kier alpha value is -2.39. The Morgan fingerprint density at radius 2 is 1.92 bits per heavy atom. The summed E-state index contributed by atoms with van der Waals surface area (Å²) in [6.07, 6.45) is 0. The summed E-state index contributed by atoms with van der Waals surface area (Å²) in [5.41, 5.74) is 1.38. The molecule has 25 heavy (non-hydrogen) atoms. The Bertz CT molecular complexity index is 920. The lowest BCUT2D eigenvalue weighted by molar-refractivity contribution is 0.0531. The zero-order valence-corrected chi connectivity index (χ0v) is 15.8. The van der Waals surface area contributed by atoms with Crippen LogP contribution in [0.1, 0.15) is 22.3 Å². The van der Waals surface area contributed by atoms with E-state index in [9.17, 15) is 4.79 Å². The third kappa shape index (κ3) is 3.52. The first-order valence-electron chi connectivity index (χ1n) is 7.49. The Morgan fingerprint density at radius 1 is 1.16 bits per heavy atom. The third-order valence-electron chi connectivity index (χ3n) is 3.36. The van der Waals surface area contributed by atoms with Gasteiger partial charge in [-0.15, -0.1) is 0 Å². The predicted octanol–water partition coefficient (Wildman–Crippen LogP) is 4.00. The number of nitrogens with one attached hydrogen (secondary N) is 1. The number of anilines is 2. The third-order valence-corrected chi connectivity index (χ3v) is 5.33. The van der Waals surface area contributed by atoms with Crippen molar-refractivity contribution >= 4 is 49.1 Å². The van der Waals surface area contributed by atoms with E-state index in [1.54, 1.807) is 34.1 Å². The van der Waals surface area contributed by atoms with Gasteiger partial charge >= 0.3 is 5.97 Å². The van der Waals surface area contributed by atoms with E-state index in [1.807, 2.05) is 6.07 Å². The second-order valence-electron chi connectivity index (χ2n) is 4.97. The molecule has 0 bridgehead atoms. The van der Waals surface area contributed by atoms with Crippen molar-refractivity contribution in [3.63, 3.8) is 0 Å². The van der Waals surface area contributed by atoms with Gasteiger partial charge in [-0.2, -0.15) is 0 Å². The maximum atomic E-state index is 11.9. The van der Waals surface area contributed by atoms with Gasteiger partial charge in [0, 0.05) is 6.07 Å². The molecular weight excluding hydrogens is 362 g/mol. The number of aromatic nitrogens is 2. The van der Waals surface area contributed by atoms with E-state index in [4.69, 9.17) is 14.2 Å². The molecule has 3 aromatic rings. The van der Waals surface area contributed by atoms with E-state index < -0.39 is 0 Å². The number of nitrogens with zero attached hydrogens (tertiary/aromatic N) is 2. The normalized spacial score (nSPS) is 10.7. The van der Waals surface area contributed by atoms with Gasteiger partial charge in [0.15, 0.2) is 10.3 Å². The van der Waals surface area contributed by atoms with Gasteiger partial charge in [0.1, 0.15) is 21.9 Å². The average Bonchev–Trinajstić information content (AvgIpc) is 3.16. The second-order valence-corrected chi connectivity index (χ2v) is 7.00. The minimum absolute atomic E-state index is 0.332. The first-order valence-corrected chi connectivity index (χ1v) is 9.13. The number of hydrogen-bond acceptors (Lipinski definition) is 9. The zero-order valence-electron chi connectivity index (χ0n) is 14.2. The second kappa shape index (κ2) is 7.24. The number of esters is 1. The fourth-order valence-corrected chi connectivity index (χ4v) is 4.06. The van der Waals surface area contributed by atoms with Gasteiger partial charge in [-0.25, -0.2) is 14.8 Å². The first kappa shape index (κ1) is 17.4. The minimum atomic E-state index is -0.360. The molecule has 0 amide bonds. The van der Waals surface area contributed by atoms with Crippen molar-refractivity contribution in [3.8, 4) is 11.5 Å².